The Morgan fingerprint density at radius 2 is 1.87 bits per heavy atom. The molecule has 0 fully saturated rings. The van der Waals surface area contributed by atoms with Crippen molar-refractivity contribution in [2.24, 2.45) is 5.92 Å². The molecule has 2 aliphatic rings. The number of amides is 2. The smallest absolute Gasteiger partial charge is 0.247 e. The van der Waals surface area contributed by atoms with Gasteiger partial charge in [-0.3, -0.25) is 14.6 Å². The van der Waals surface area contributed by atoms with E-state index in [1.54, 1.807) is 23.2 Å². The van der Waals surface area contributed by atoms with Crippen molar-refractivity contribution in [1.82, 2.24) is 9.88 Å². The molecule has 2 aliphatic heterocycles. The fraction of sp³-hybridized carbons (Fsp3) is 0.276. The summed E-state index contributed by atoms with van der Waals surface area (Å²) in [5.74, 6) is -2.99. The molecule has 3 heterocycles. The largest absolute Gasteiger partial charge is 0.330 e. The van der Waals surface area contributed by atoms with Crippen LogP contribution in [0.15, 0.2) is 54.7 Å². The molecular weight excluding hydrogens is 515 g/mol. The van der Waals surface area contributed by atoms with E-state index in [-0.39, 0.29) is 40.9 Å². The van der Waals surface area contributed by atoms with Crippen LogP contribution >= 0.6 is 11.6 Å². The Hall–Kier alpha value is -3.65. The van der Waals surface area contributed by atoms with Crippen LogP contribution in [-0.2, 0) is 9.59 Å². The highest BCUT2D eigenvalue weighted by molar-refractivity contribution is 6.31. The van der Waals surface area contributed by atoms with Crippen molar-refractivity contribution >= 4 is 34.7 Å². The number of carbonyl (C=O) groups excluding carboxylic acids is 2. The molecule has 5 rings (SSSR count). The highest BCUT2D eigenvalue weighted by atomic mass is 35.5. The van der Waals surface area contributed by atoms with E-state index in [0.29, 0.717) is 41.8 Å². The molecule has 9 heteroatoms. The van der Waals surface area contributed by atoms with Crippen molar-refractivity contribution in [2.45, 2.75) is 38.6 Å². The van der Waals surface area contributed by atoms with Crippen LogP contribution in [0.2, 0.25) is 5.02 Å². The second-order valence-corrected chi connectivity index (χ2v) is 10.1. The van der Waals surface area contributed by atoms with Gasteiger partial charge in [0.1, 0.15) is 11.6 Å². The first-order valence-electron chi connectivity index (χ1n) is 12.4. The number of rotatable bonds is 2. The number of pyridine rings is 1. The zero-order valence-electron chi connectivity index (χ0n) is 20.6. The summed E-state index contributed by atoms with van der Waals surface area (Å²) in [5.41, 5.74) is 2.21. The topological polar surface area (TPSA) is 62.3 Å². The first kappa shape index (κ1) is 26.0. The maximum atomic E-state index is 14.6. The summed E-state index contributed by atoms with van der Waals surface area (Å²) in [6.07, 6.45) is 4.80. The summed E-state index contributed by atoms with van der Waals surface area (Å²) < 4.78 is 43.3. The molecule has 38 heavy (non-hydrogen) atoms. The normalized spacial score (nSPS) is 20.1. The number of anilines is 1. The predicted molar refractivity (Wildman–Crippen MR) is 140 cm³/mol. The van der Waals surface area contributed by atoms with Crippen molar-refractivity contribution < 1.29 is 22.8 Å². The lowest BCUT2D eigenvalue weighted by Gasteiger charge is -2.34. The molecule has 0 spiro atoms. The second kappa shape index (κ2) is 10.6. The van der Waals surface area contributed by atoms with E-state index in [1.807, 2.05) is 6.92 Å². The lowest BCUT2D eigenvalue weighted by atomic mass is 9.92. The van der Waals surface area contributed by atoms with Crippen molar-refractivity contribution in [2.75, 3.05) is 11.9 Å². The van der Waals surface area contributed by atoms with Crippen LogP contribution < -0.4 is 5.32 Å². The average Bonchev–Trinajstić information content (AvgIpc) is 2.90. The van der Waals surface area contributed by atoms with Crippen LogP contribution in [0.4, 0.5) is 18.9 Å². The number of hydrogen-bond donors (Lipinski definition) is 1. The Bertz CT molecular complexity index is 1460. The van der Waals surface area contributed by atoms with Crippen LogP contribution in [0.3, 0.4) is 0 Å². The van der Waals surface area contributed by atoms with Crippen LogP contribution in [0.25, 0.3) is 16.7 Å². The molecule has 3 aromatic rings. The zero-order valence-corrected chi connectivity index (χ0v) is 21.4. The summed E-state index contributed by atoms with van der Waals surface area (Å²) in [5, 5.41) is 2.70. The molecule has 196 valence electrons. The summed E-state index contributed by atoms with van der Waals surface area (Å²) in [6.45, 7) is 2.04. The maximum Gasteiger partial charge on any atom is 0.247 e. The zero-order chi connectivity index (χ0) is 27.0. The summed E-state index contributed by atoms with van der Waals surface area (Å²) in [6, 6.07) is 9.48. The van der Waals surface area contributed by atoms with Crippen LogP contribution in [0, 0.1) is 23.4 Å². The standard InChI is InChI=1S/C29H25ClF3N3O2/c1-16-3-2-4-25(36-12-10-18(14-26(36)37)27-22(32)7-6-21(30)28(27)33)24-13-17(9-11-34-24)20-15-19(31)5-8-23(20)35-29(16)38/h5-9,11,13-16,25H,2-4,10,12H2,1H3,(H,35,38). The minimum atomic E-state index is -0.891. The minimum absolute atomic E-state index is 0.170. The van der Waals surface area contributed by atoms with Gasteiger partial charge >= 0.3 is 0 Å². The molecule has 0 radical (unpaired) electrons. The summed E-state index contributed by atoms with van der Waals surface area (Å²) in [4.78, 5) is 32.4. The van der Waals surface area contributed by atoms with Gasteiger partial charge in [0.25, 0.3) is 0 Å². The average molecular weight is 540 g/mol. The van der Waals surface area contributed by atoms with E-state index in [1.165, 1.54) is 24.3 Å². The third-order valence-corrected chi connectivity index (χ3v) is 7.47. The first-order chi connectivity index (χ1) is 18.2. The Balaban J connectivity index is 1.54. The highest BCUT2D eigenvalue weighted by Crippen LogP contribution is 2.37. The van der Waals surface area contributed by atoms with Crippen LogP contribution in [0.5, 0.6) is 0 Å². The molecule has 0 saturated carbocycles. The van der Waals surface area contributed by atoms with E-state index < -0.39 is 29.4 Å². The number of nitrogens with one attached hydrogen (secondary N) is 1. The Morgan fingerprint density at radius 1 is 1.05 bits per heavy atom. The Labute approximate surface area is 223 Å². The number of halogens is 4. The van der Waals surface area contributed by atoms with Gasteiger partial charge in [-0.25, -0.2) is 13.2 Å². The van der Waals surface area contributed by atoms with Crippen molar-refractivity contribution in [3.05, 3.63) is 88.5 Å². The molecule has 2 aromatic carbocycles. The van der Waals surface area contributed by atoms with E-state index in [9.17, 15) is 22.8 Å². The van der Waals surface area contributed by atoms with Gasteiger partial charge in [0.05, 0.1) is 22.3 Å². The fourth-order valence-electron chi connectivity index (χ4n) is 5.11. The van der Waals surface area contributed by atoms with Crippen molar-refractivity contribution in [1.29, 1.82) is 0 Å². The Kier molecular flexibility index (Phi) is 7.25. The molecule has 2 bridgehead atoms. The Morgan fingerprint density at radius 3 is 2.66 bits per heavy atom. The fourth-order valence-corrected chi connectivity index (χ4v) is 5.27. The highest BCUT2D eigenvalue weighted by Gasteiger charge is 2.31. The number of hydrogen-bond acceptors (Lipinski definition) is 3. The van der Waals surface area contributed by atoms with Crippen molar-refractivity contribution in [3.63, 3.8) is 0 Å². The molecule has 0 aliphatic carbocycles. The molecule has 1 N–H and O–H groups in total. The third kappa shape index (κ3) is 5.05. The van der Waals surface area contributed by atoms with Crippen LogP contribution in [0.1, 0.15) is 49.9 Å². The SMILES string of the molecule is CC1CCCC(N2CCC(c3c(F)ccc(Cl)c3F)=CC2=O)c2cc(ccn2)-c2cc(F)ccc2NC1=O. The molecule has 1 aromatic heterocycles. The quantitative estimate of drug-likeness (QED) is 0.359. The van der Waals surface area contributed by atoms with Gasteiger partial charge in [0, 0.05) is 36.0 Å². The molecule has 2 unspecified atom stereocenters. The van der Waals surface area contributed by atoms with E-state index in [2.05, 4.69) is 10.3 Å². The predicted octanol–water partition coefficient (Wildman–Crippen LogP) is 6.93. The monoisotopic (exact) mass is 539 g/mol. The minimum Gasteiger partial charge on any atom is -0.330 e. The number of fused-ring (bicyclic) bond motifs is 4. The number of aromatic nitrogens is 1. The second-order valence-electron chi connectivity index (χ2n) is 9.67. The van der Waals surface area contributed by atoms with Gasteiger partial charge in [-0.1, -0.05) is 24.9 Å². The van der Waals surface area contributed by atoms with Gasteiger partial charge in [-0.2, -0.15) is 0 Å². The van der Waals surface area contributed by atoms with E-state index in [0.717, 1.165) is 12.1 Å². The number of carbonyl (C=O) groups is 2. The lowest BCUT2D eigenvalue weighted by molar-refractivity contribution is -0.129. The molecule has 2 atom stereocenters. The van der Waals surface area contributed by atoms with Gasteiger partial charge < -0.3 is 10.2 Å². The van der Waals surface area contributed by atoms with Gasteiger partial charge in [-0.15, -0.1) is 0 Å². The molecule has 5 nitrogen and oxygen atoms in total. The van der Waals surface area contributed by atoms with Crippen LogP contribution in [-0.4, -0.2) is 28.2 Å². The number of nitrogens with zero attached hydrogens (tertiary/aromatic N) is 2. The lowest BCUT2D eigenvalue weighted by Crippen LogP contribution is -2.38. The number of benzene rings is 2. The van der Waals surface area contributed by atoms with Gasteiger partial charge in [-0.05, 0) is 72.9 Å². The van der Waals surface area contributed by atoms with Gasteiger partial charge in [0.15, 0.2) is 5.82 Å². The van der Waals surface area contributed by atoms with E-state index >= 15 is 0 Å². The van der Waals surface area contributed by atoms with Crippen molar-refractivity contribution in [3.8, 4) is 11.1 Å². The molecular formula is C29H25ClF3N3O2. The summed E-state index contributed by atoms with van der Waals surface area (Å²) in [7, 11) is 0. The molecule has 2 amide bonds. The summed E-state index contributed by atoms with van der Waals surface area (Å²) >= 11 is 5.86. The third-order valence-electron chi connectivity index (χ3n) is 7.18. The van der Waals surface area contributed by atoms with Gasteiger partial charge in [0.2, 0.25) is 11.8 Å². The maximum absolute atomic E-state index is 14.6. The molecule has 0 saturated heterocycles. The van der Waals surface area contributed by atoms with E-state index in [4.69, 9.17) is 11.6 Å². The first-order valence-corrected chi connectivity index (χ1v) is 12.8.